The maximum Gasteiger partial charge on any atom is 0.191 e. The number of guanidine groups is 1. The van der Waals surface area contributed by atoms with Crippen LogP contribution in [0, 0.1) is 12.7 Å². The predicted molar refractivity (Wildman–Crippen MR) is 117 cm³/mol. The molecule has 1 aromatic carbocycles. The number of nitrogens with one attached hydrogen (secondary N) is 2. The number of aryl methyl sites for hydroxylation is 1. The molecular weight excluding hydrogens is 375 g/mol. The molecule has 2 fully saturated rings. The molecule has 2 aliphatic rings. The highest BCUT2D eigenvalue weighted by Gasteiger charge is 2.32. The van der Waals surface area contributed by atoms with Crippen molar-refractivity contribution < 1.29 is 9.13 Å². The van der Waals surface area contributed by atoms with Crippen molar-refractivity contribution in [2.45, 2.75) is 43.4 Å². The second-order valence-corrected chi connectivity index (χ2v) is 9.08. The zero-order valence-corrected chi connectivity index (χ0v) is 18.1. The number of anilines is 1. The molecule has 1 aromatic rings. The van der Waals surface area contributed by atoms with E-state index >= 15 is 0 Å². The van der Waals surface area contributed by atoms with Gasteiger partial charge >= 0.3 is 0 Å². The van der Waals surface area contributed by atoms with Gasteiger partial charge in [0.25, 0.3) is 0 Å². The van der Waals surface area contributed by atoms with Crippen LogP contribution in [0.4, 0.5) is 10.1 Å². The summed E-state index contributed by atoms with van der Waals surface area (Å²) in [5.41, 5.74) is 1.79. The van der Waals surface area contributed by atoms with E-state index in [4.69, 9.17) is 4.74 Å². The number of hydrogen-bond donors (Lipinski definition) is 2. The van der Waals surface area contributed by atoms with Gasteiger partial charge in [0.2, 0.25) is 0 Å². The van der Waals surface area contributed by atoms with Gasteiger partial charge in [0.15, 0.2) is 5.96 Å². The maximum atomic E-state index is 14.3. The van der Waals surface area contributed by atoms with E-state index in [1.54, 1.807) is 6.07 Å². The molecular formula is C21H33FN4OS. The average Bonchev–Trinajstić information content (AvgIpc) is 2.73. The maximum absolute atomic E-state index is 14.3. The number of ether oxygens (including phenoxy) is 1. The quantitative estimate of drug-likeness (QED) is 0.579. The lowest BCUT2D eigenvalue weighted by atomic mass is 9.99. The summed E-state index contributed by atoms with van der Waals surface area (Å²) in [7, 11) is 1.81. The Labute approximate surface area is 172 Å². The molecule has 0 aromatic heterocycles. The number of hydrogen-bond acceptors (Lipinski definition) is 4. The number of thioether (sulfide) groups is 1. The minimum Gasteiger partial charge on any atom is -0.381 e. The van der Waals surface area contributed by atoms with Crippen molar-refractivity contribution in [1.82, 2.24) is 10.6 Å². The second kappa shape index (κ2) is 9.83. The molecule has 7 heteroatoms. The molecule has 2 aliphatic heterocycles. The van der Waals surface area contributed by atoms with Gasteiger partial charge in [0.05, 0.1) is 5.69 Å². The van der Waals surface area contributed by atoms with Crippen LogP contribution in [0.5, 0.6) is 0 Å². The molecule has 0 saturated carbocycles. The number of halogens is 1. The zero-order chi connectivity index (χ0) is 20.0. The molecule has 0 aliphatic carbocycles. The minimum absolute atomic E-state index is 0.143. The Bertz CT molecular complexity index is 678. The molecule has 0 amide bonds. The standard InChI is InChI=1S/C21H33FN4OS/c1-16-6-7-18(22)19(13-16)26-10-4-5-17(14-26)25-20(23-2)24-15-21(28-3)8-11-27-12-9-21/h6-7,13,17H,4-5,8-12,14-15H2,1-3H3,(H2,23,24,25). The molecule has 2 saturated heterocycles. The fraction of sp³-hybridized carbons (Fsp3) is 0.667. The van der Waals surface area contributed by atoms with Crippen LogP contribution in [0.3, 0.4) is 0 Å². The van der Waals surface area contributed by atoms with E-state index < -0.39 is 0 Å². The average molecular weight is 409 g/mol. The van der Waals surface area contributed by atoms with Crippen LogP contribution in [0.25, 0.3) is 0 Å². The second-order valence-electron chi connectivity index (χ2n) is 7.81. The Kier molecular flexibility index (Phi) is 7.46. The van der Waals surface area contributed by atoms with Gasteiger partial charge in [0.1, 0.15) is 5.82 Å². The fourth-order valence-electron chi connectivity index (χ4n) is 4.01. The van der Waals surface area contributed by atoms with Crippen molar-refractivity contribution in [3.8, 4) is 0 Å². The van der Waals surface area contributed by atoms with E-state index in [9.17, 15) is 4.39 Å². The van der Waals surface area contributed by atoms with Crippen LogP contribution in [0.15, 0.2) is 23.2 Å². The number of rotatable bonds is 5. The molecule has 28 heavy (non-hydrogen) atoms. The number of benzene rings is 1. The minimum atomic E-state index is -0.143. The first kappa shape index (κ1) is 21.2. The van der Waals surface area contributed by atoms with E-state index in [1.165, 1.54) is 0 Å². The molecule has 2 N–H and O–H groups in total. The Morgan fingerprint density at radius 1 is 1.39 bits per heavy atom. The van der Waals surface area contributed by atoms with Gasteiger partial charge in [-0.05, 0) is 56.6 Å². The van der Waals surface area contributed by atoms with Crippen LogP contribution in [0.2, 0.25) is 0 Å². The van der Waals surface area contributed by atoms with Gasteiger partial charge in [-0.15, -0.1) is 0 Å². The van der Waals surface area contributed by atoms with Gasteiger partial charge in [0, 0.05) is 50.7 Å². The Balaban J connectivity index is 1.57. The Hall–Kier alpha value is -1.47. The highest BCUT2D eigenvalue weighted by atomic mass is 32.2. The smallest absolute Gasteiger partial charge is 0.191 e. The van der Waals surface area contributed by atoms with Crippen LogP contribution in [-0.2, 0) is 4.74 Å². The monoisotopic (exact) mass is 408 g/mol. The lowest BCUT2D eigenvalue weighted by Crippen LogP contribution is -2.54. The first-order valence-corrected chi connectivity index (χ1v) is 11.4. The van der Waals surface area contributed by atoms with Gasteiger partial charge < -0.3 is 20.3 Å². The molecule has 1 unspecified atom stereocenters. The number of piperidine rings is 1. The molecule has 156 valence electrons. The van der Waals surface area contributed by atoms with Gasteiger partial charge in [-0.3, -0.25) is 4.99 Å². The van der Waals surface area contributed by atoms with Crippen molar-refractivity contribution in [2.75, 3.05) is 51.1 Å². The van der Waals surface area contributed by atoms with Crippen molar-refractivity contribution >= 4 is 23.4 Å². The van der Waals surface area contributed by atoms with Crippen molar-refractivity contribution in [3.63, 3.8) is 0 Å². The van der Waals surface area contributed by atoms with E-state index in [2.05, 4.69) is 26.8 Å². The summed E-state index contributed by atoms with van der Waals surface area (Å²) in [6.45, 7) is 6.21. The summed E-state index contributed by atoms with van der Waals surface area (Å²) in [6, 6.07) is 5.58. The zero-order valence-electron chi connectivity index (χ0n) is 17.3. The topological polar surface area (TPSA) is 48.9 Å². The lowest BCUT2D eigenvalue weighted by Gasteiger charge is -2.38. The van der Waals surface area contributed by atoms with Crippen LogP contribution >= 0.6 is 11.8 Å². The Morgan fingerprint density at radius 3 is 2.89 bits per heavy atom. The molecule has 0 radical (unpaired) electrons. The first-order chi connectivity index (χ1) is 13.5. The summed E-state index contributed by atoms with van der Waals surface area (Å²) < 4.78 is 20.0. The van der Waals surface area contributed by atoms with Crippen molar-refractivity contribution in [3.05, 3.63) is 29.6 Å². The van der Waals surface area contributed by atoms with Crippen LogP contribution < -0.4 is 15.5 Å². The van der Waals surface area contributed by atoms with Gasteiger partial charge in [-0.1, -0.05) is 6.07 Å². The van der Waals surface area contributed by atoms with E-state index in [1.807, 2.05) is 37.9 Å². The fourth-order valence-corrected chi connectivity index (χ4v) is 4.80. The largest absolute Gasteiger partial charge is 0.381 e. The molecule has 3 rings (SSSR count). The summed E-state index contributed by atoms with van der Waals surface area (Å²) in [5.74, 6) is 0.687. The predicted octanol–water partition coefficient (Wildman–Crippen LogP) is 3.18. The SMILES string of the molecule is CN=C(NCC1(SC)CCOCC1)NC1CCCN(c2cc(C)ccc2F)C1. The third kappa shape index (κ3) is 5.32. The normalized spacial score (nSPS) is 22.8. The Morgan fingerprint density at radius 2 is 2.18 bits per heavy atom. The molecule has 0 bridgehead atoms. The molecule has 1 atom stereocenters. The number of nitrogens with zero attached hydrogens (tertiary/aromatic N) is 2. The number of aliphatic imine (C=N–C) groups is 1. The highest BCUT2D eigenvalue weighted by Crippen LogP contribution is 2.33. The first-order valence-electron chi connectivity index (χ1n) is 10.2. The van der Waals surface area contributed by atoms with E-state index in [0.29, 0.717) is 5.69 Å². The highest BCUT2D eigenvalue weighted by molar-refractivity contribution is 8.00. The lowest BCUT2D eigenvalue weighted by molar-refractivity contribution is 0.0782. The molecule has 2 heterocycles. The molecule has 0 spiro atoms. The third-order valence-corrected chi connectivity index (χ3v) is 7.26. The van der Waals surface area contributed by atoms with E-state index in [-0.39, 0.29) is 16.6 Å². The summed E-state index contributed by atoms with van der Waals surface area (Å²) in [6.07, 6.45) is 6.39. The van der Waals surface area contributed by atoms with Crippen LogP contribution in [0.1, 0.15) is 31.2 Å². The third-order valence-electron chi connectivity index (χ3n) is 5.84. The molecule has 5 nitrogen and oxygen atoms in total. The van der Waals surface area contributed by atoms with Gasteiger partial charge in [-0.25, -0.2) is 4.39 Å². The van der Waals surface area contributed by atoms with Crippen molar-refractivity contribution in [2.24, 2.45) is 4.99 Å². The summed E-state index contributed by atoms with van der Waals surface area (Å²) in [4.78, 5) is 6.57. The summed E-state index contributed by atoms with van der Waals surface area (Å²) >= 11 is 1.92. The van der Waals surface area contributed by atoms with E-state index in [0.717, 1.165) is 70.1 Å². The van der Waals surface area contributed by atoms with Gasteiger partial charge in [-0.2, -0.15) is 11.8 Å². The van der Waals surface area contributed by atoms with Crippen molar-refractivity contribution in [1.29, 1.82) is 0 Å². The summed E-state index contributed by atoms with van der Waals surface area (Å²) in [5, 5.41) is 7.08. The van der Waals surface area contributed by atoms with Crippen LogP contribution in [-0.4, -0.2) is 62.9 Å².